The molecule has 0 spiro atoms. The third-order valence-electron chi connectivity index (χ3n) is 5.80. The zero-order valence-electron chi connectivity index (χ0n) is 18.7. The number of carbonyl (C=O) groups excluding carboxylic acids is 1. The van der Waals surface area contributed by atoms with Gasteiger partial charge in [-0.15, -0.1) is 0 Å². The molecule has 2 aromatic carbocycles. The molecule has 5 nitrogen and oxygen atoms in total. The summed E-state index contributed by atoms with van der Waals surface area (Å²) < 4.78 is 61.5. The van der Waals surface area contributed by atoms with Crippen molar-refractivity contribution >= 4 is 16.8 Å². The van der Waals surface area contributed by atoms with Gasteiger partial charge in [0.15, 0.2) is 5.60 Å². The zero-order chi connectivity index (χ0) is 24.6. The second-order valence-electron chi connectivity index (χ2n) is 8.79. The third-order valence-corrected chi connectivity index (χ3v) is 5.80. The highest BCUT2D eigenvalue weighted by molar-refractivity contribution is 5.98. The average Bonchev–Trinajstić information content (AvgIpc) is 3.12. The van der Waals surface area contributed by atoms with Crippen molar-refractivity contribution in [2.45, 2.75) is 43.9 Å². The summed E-state index contributed by atoms with van der Waals surface area (Å²) >= 11 is 0. The normalized spacial score (nSPS) is 14.2. The largest absolute Gasteiger partial charge is 0.496 e. The van der Waals surface area contributed by atoms with E-state index < -0.39 is 35.9 Å². The lowest BCUT2D eigenvalue weighted by Crippen LogP contribution is -2.51. The number of aromatic amines is 1. The topological polar surface area (TPSA) is 74.4 Å². The lowest BCUT2D eigenvalue weighted by atomic mass is 9.73. The lowest BCUT2D eigenvalue weighted by molar-refractivity contribution is -0.266. The first-order valence-electron chi connectivity index (χ1n) is 10.3. The standard InChI is InChI=1S/C24H26F4N2O3/c1-22(2,18-11-16(25)6-8-20(18)33-4)13-23(32,24(26,27)28)12-17-10-15-9-14(21(31)29-3)5-7-19(15)30-17/h5-11,30,32H,12-13H2,1-4H3,(H,29,31). The van der Waals surface area contributed by atoms with E-state index in [4.69, 9.17) is 4.74 Å². The molecule has 9 heteroatoms. The molecule has 0 aliphatic carbocycles. The van der Waals surface area contributed by atoms with Gasteiger partial charge in [0.1, 0.15) is 11.6 Å². The SMILES string of the molecule is CNC(=O)c1ccc2[nH]c(CC(O)(CC(C)(C)c3cc(F)ccc3OC)C(F)(F)F)cc2c1. The number of aromatic nitrogens is 1. The van der Waals surface area contributed by atoms with Gasteiger partial charge in [0.2, 0.25) is 0 Å². The maximum absolute atomic E-state index is 14.1. The van der Waals surface area contributed by atoms with E-state index in [-0.39, 0.29) is 22.9 Å². The molecule has 1 unspecified atom stereocenters. The lowest BCUT2D eigenvalue weighted by Gasteiger charge is -2.38. The molecule has 0 saturated heterocycles. The Morgan fingerprint density at radius 1 is 1.12 bits per heavy atom. The number of hydrogen-bond donors (Lipinski definition) is 3. The first-order chi connectivity index (χ1) is 15.3. The van der Waals surface area contributed by atoms with Gasteiger partial charge >= 0.3 is 6.18 Å². The molecule has 0 aliphatic rings. The Hall–Kier alpha value is -3.07. The Morgan fingerprint density at radius 2 is 1.82 bits per heavy atom. The van der Waals surface area contributed by atoms with Crippen molar-refractivity contribution in [2.24, 2.45) is 0 Å². The fraction of sp³-hybridized carbons (Fsp3) is 0.375. The quantitative estimate of drug-likeness (QED) is 0.435. The molecule has 33 heavy (non-hydrogen) atoms. The molecule has 1 amide bonds. The van der Waals surface area contributed by atoms with Crippen molar-refractivity contribution in [1.82, 2.24) is 10.3 Å². The van der Waals surface area contributed by atoms with Gasteiger partial charge in [-0.2, -0.15) is 13.2 Å². The number of benzene rings is 2. The van der Waals surface area contributed by atoms with Gasteiger partial charge in [-0.05, 0) is 54.3 Å². The van der Waals surface area contributed by atoms with E-state index in [0.29, 0.717) is 16.5 Å². The molecule has 3 rings (SSSR count). The summed E-state index contributed by atoms with van der Waals surface area (Å²) in [6.07, 6.45) is -6.45. The first-order valence-corrected chi connectivity index (χ1v) is 10.3. The van der Waals surface area contributed by atoms with Gasteiger partial charge in [-0.1, -0.05) is 13.8 Å². The number of alkyl halides is 3. The van der Waals surface area contributed by atoms with Crippen LogP contribution in [0, 0.1) is 5.82 Å². The van der Waals surface area contributed by atoms with Gasteiger partial charge in [-0.3, -0.25) is 4.79 Å². The third kappa shape index (κ3) is 4.98. The van der Waals surface area contributed by atoms with Crippen LogP contribution in [0.4, 0.5) is 17.6 Å². The van der Waals surface area contributed by atoms with Crippen molar-refractivity contribution in [3.63, 3.8) is 0 Å². The minimum atomic E-state index is -4.96. The summed E-state index contributed by atoms with van der Waals surface area (Å²) in [4.78, 5) is 14.7. The number of aliphatic hydroxyl groups is 1. The average molecular weight is 466 g/mol. The molecule has 1 atom stereocenters. The minimum absolute atomic E-state index is 0.154. The molecule has 0 fully saturated rings. The smallest absolute Gasteiger partial charge is 0.417 e. The highest BCUT2D eigenvalue weighted by Crippen LogP contribution is 2.45. The number of halogens is 4. The van der Waals surface area contributed by atoms with E-state index in [1.807, 2.05) is 0 Å². The predicted octanol–water partition coefficient (Wildman–Crippen LogP) is 4.88. The Labute approximate surface area is 188 Å². The number of rotatable bonds is 7. The van der Waals surface area contributed by atoms with Crippen LogP contribution >= 0.6 is 0 Å². The first kappa shape index (κ1) is 24.6. The van der Waals surface area contributed by atoms with E-state index in [9.17, 15) is 27.5 Å². The van der Waals surface area contributed by atoms with Gasteiger partial charge in [0.05, 0.1) is 7.11 Å². The summed E-state index contributed by atoms with van der Waals surface area (Å²) in [6.45, 7) is 3.00. The van der Waals surface area contributed by atoms with Crippen LogP contribution in [0.3, 0.4) is 0 Å². The minimum Gasteiger partial charge on any atom is -0.496 e. The van der Waals surface area contributed by atoms with E-state index in [1.54, 1.807) is 18.2 Å². The van der Waals surface area contributed by atoms with Crippen LogP contribution in [0.5, 0.6) is 5.75 Å². The Kier molecular flexibility index (Phi) is 6.48. The van der Waals surface area contributed by atoms with Gasteiger partial charge < -0.3 is 20.1 Å². The number of fused-ring (bicyclic) bond motifs is 1. The predicted molar refractivity (Wildman–Crippen MR) is 117 cm³/mol. The Morgan fingerprint density at radius 3 is 2.42 bits per heavy atom. The van der Waals surface area contributed by atoms with Crippen molar-refractivity contribution in [1.29, 1.82) is 0 Å². The van der Waals surface area contributed by atoms with Crippen LogP contribution < -0.4 is 10.1 Å². The highest BCUT2D eigenvalue weighted by atomic mass is 19.4. The van der Waals surface area contributed by atoms with E-state index in [1.165, 1.54) is 40.1 Å². The van der Waals surface area contributed by atoms with Crippen molar-refractivity contribution in [3.05, 3.63) is 65.1 Å². The molecule has 0 aliphatic heterocycles. The molecular weight excluding hydrogens is 440 g/mol. The van der Waals surface area contributed by atoms with Gasteiger partial charge in [0.25, 0.3) is 5.91 Å². The number of ether oxygens (including phenoxy) is 1. The number of hydrogen-bond acceptors (Lipinski definition) is 3. The molecule has 3 aromatic rings. The summed E-state index contributed by atoms with van der Waals surface area (Å²) in [6, 6.07) is 9.82. The fourth-order valence-corrected chi connectivity index (χ4v) is 4.19. The van der Waals surface area contributed by atoms with E-state index in [0.717, 1.165) is 12.1 Å². The number of nitrogens with one attached hydrogen (secondary N) is 2. The Balaban J connectivity index is 1.98. The van der Waals surface area contributed by atoms with Crippen LogP contribution in [-0.2, 0) is 11.8 Å². The van der Waals surface area contributed by atoms with Crippen LogP contribution in [0.2, 0.25) is 0 Å². The van der Waals surface area contributed by atoms with Gasteiger partial charge in [-0.25, -0.2) is 4.39 Å². The second kappa shape index (κ2) is 8.70. The second-order valence-corrected chi connectivity index (χ2v) is 8.79. The fourth-order valence-electron chi connectivity index (χ4n) is 4.19. The maximum atomic E-state index is 14.1. The molecule has 1 heterocycles. The molecule has 178 valence electrons. The van der Waals surface area contributed by atoms with Crippen LogP contribution in [0.25, 0.3) is 10.9 Å². The summed E-state index contributed by atoms with van der Waals surface area (Å²) in [5.74, 6) is -0.701. The molecule has 3 N–H and O–H groups in total. The summed E-state index contributed by atoms with van der Waals surface area (Å²) in [5.41, 5.74) is -3.12. The molecule has 0 bridgehead atoms. The van der Waals surface area contributed by atoms with E-state index >= 15 is 0 Å². The van der Waals surface area contributed by atoms with Crippen molar-refractivity contribution < 1.29 is 32.2 Å². The van der Waals surface area contributed by atoms with E-state index in [2.05, 4.69) is 10.3 Å². The number of carbonyl (C=O) groups is 1. The van der Waals surface area contributed by atoms with Crippen LogP contribution in [-0.4, -0.2) is 41.9 Å². The molecule has 0 saturated carbocycles. The number of H-pyrrole nitrogens is 1. The number of amides is 1. The highest BCUT2D eigenvalue weighted by Gasteiger charge is 2.56. The maximum Gasteiger partial charge on any atom is 0.417 e. The van der Waals surface area contributed by atoms with Crippen LogP contribution in [0.1, 0.15) is 41.9 Å². The summed E-state index contributed by atoms with van der Waals surface area (Å²) in [7, 11) is 2.83. The molecular formula is C24H26F4N2O3. The zero-order valence-corrected chi connectivity index (χ0v) is 18.7. The van der Waals surface area contributed by atoms with Crippen molar-refractivity contribution in [2.75, 3.05) is 14.2 Å². The molecule has 0 radical (unpaired) electrons. The monoisotopic (exact) mass is 466 g/mol. The van der Waals surface area contributed by atoms with Crippen LogP contribution in [0.15, 0.2) is 42.5 Å². The van der Waals surface area contributed by atoms with Crippen molar-refractivity contribution in [3.8, 4) is 5.75 Å². The Bertz CT molecular complexity index is 1170. The van der Waals surface area contributed by atoms with Gasteiger partial charge in [0, 0.05) is 41.2 Å². The summed E-state index contributed by atoms with van der Waals surface area (Å²) in [5, 5.41) is 13.9. The number of methoxy groups -OCH3 is 1. The molecule has 1 aromatic heterocycles.